The SMILES string of the molecule is Cc1cc(C(=O)CCN2CCCC2)ccc1Cl. The Morgan fingerprint density at radius 2 is 2.06 bits per heavy atom. The third-order valence-corrected chi connectivity index (χ3v) is 3.76. The Hall–Kier alpha value is -0.860. The van der Waals surface area contributed by atoms with Gasteiger partial charge in [0, 0.05) is 23.6 Å². The summed E-state index contributed by atoms with van der Waals surface area (Å²) in [5.41, 5.74) is 1.75. The van der Waals surface area contributed by atoms with Crippen molar-refractivity contribution in [1.29, 1.82) is 0 Å². The van der Waals surface area contributed by atoms with Crippen LogP contribution in [0.1, 0.15) is 35.2 Å². The first-order valence-electron chi connectivity index (χ1n) is 6.18. The molecular formula is C14H18ClNO. The Kier molecular flexibility index (Phi) is 4.19. The smallest absolute Gasteiger partial charge is 0.164 e. The zero-order valence-electron chi connectivity index (χ0n) is 10.2. The van der Waals surface area contributed by atoms with E-state index >= 15 is 0 Å². The predicted molar refractivity (Wildman–Crippen MR) is 70.8 cm³/mol. The monoisotopic (exact) mass is 251 g/mol. The average molecular weight is 252 g/mol. The lowest BCUT2D eigenvalue weighted by Crippen LogP contribution is -2.22. The maximum Gasteiger partial charge on any atom is 0.164 e. The normalized spacial score (nSPS) is 16.4. The molecule has 3 heteroatoms. The minimum atomic E-state index is 0.219. The molecule has 1 heterocycles. The molecule has 2 nitrogen and oxygen atoms in total. The van der Waals surface area contributed by atoms with Crippen molar-refractivity contribution in [2.45, 2.75) is 26.2 Å². The van der Waals surface area contributed by atoms with Crippen molar-refractivity contribution in [3.63, 3.8) is 0 Å². The number of carbonyl (C=O) groups excluding carboxylic acids is 1. The van der Waals surface area contributed by atoms with Crippen molar-refractivity contribution in [3.8, 4) is 0 Å². The number of nitrogens with zero attached hydrogens (tertiary/aromatic N) is 1. The van der Waals surface area contributed by atoms with E-state index in [-0.39, 0.29) is 5.78 Å². The lowest BCUT2D eigenvalue weighted by molar-refractivity contribution is 0.0969. The summed E-state index contributed by atoms with van der Waals surface area (Å²) >= 11 is 5.95. The number of hydrogen-bond acceptors (Lipinski definition) is 2. The van der Waals surface area contributed by atoms with E-state index in [1.165, 1.54) is 12.8 Å². The molecule has 0 unspecified atom stereocenters. The zero-order valence-corrected chi connectivity index (χ0v) is 11.0. The second-order valence-electron chi connectivity index (χ2n) is 4.69. The number of hydrogen-bond donors (Lipinski definition) is 0. The second kappa shape index (κ2) is 5.65. The highest BCUT2D eigenvalue weighted by atomic mass is 35.5. The van der Waals surface area contributed by atoms with E-state index in [2.05, 4.69) is 4.90 Å². The number of carbonyl (C=O) groups is 1. The summed E-state index contributed by atoms with van der Waals surface area (Å²) in [5.74, 6) is 0.219. The lowest BCUT2D eigenvalue weighted by Gasteiger charge is -2.13. The van der Waals surface area contributed by atoms with Crippen molar-refractivity contribution in [3.05, 3.63) is 34.3 Å². The molecule has 0 aromatic heterocycles. The Morgan fingerprint density at radius 3 is 2.71 bits per heavy atom. The van der Waals surface area contributed by atoms with Crippen LogP contribution in [0, 0.1) is 6.92 Å². The Bertz CT molecular complexity index is 411. The van der Waals surface area contributed by atoms with E-state index in [0.29, 0.717) is 6.42 Å². The van der Waals surface area contributed by atoms with Gasteiger partial charge in [-0.2, -0.15) is 0 Å². The van der Waals surface area contributed by atoms with Gasteiger partial charge in [-0.15, -0.1) is 0 Å². The average Bonchev–Trinajstić information content (AvgIpc) is 2.82. The van der Waals surface area contributed by atoms with Gasteiger partial charge in [-0.1, -0.05) is 11.6 Å². The van der Waals surface area contributed by atoms with E-state index in [1.807, 2.05) is 19.1 Å². The number of halogens is 1. The predicted octanol–water partition coefficient (Wildman–Crippen LogP) is 3.32. The molecule has 0 N–H and O–H groups in total. The quantitative estimate of drug-likeness (QED) is 0.766. The van der Waals surface area contributed by atoms with Crippen LogP contribution >= 0.6 is 11.6 Å². The molecule has 2 rings (SSSR count). The Balaban J connectivity index is 1.92. The standard InChI is InChI=1S/C14H18ClNO/c1-11-10-12(4-5-13(11)15)14(17)6-9-16-7-2-3-8-16/h4-5,10H,2-3,6-9H2,1H3. The first-order chi connectivity index (χ1) is 8.16. The molecular weight excluding hydrogens is 234 g/mol. The number of ketones is 1. The van der Waals surface area contributed by atoms with Crippen molar-refractivity contribution >= 4 is 17.4 Å². The van der Waals surface area contributed by atoms with Crippen LogP contribution in [0.2, 0.25) is 5.02 Å². The third-order valence-electron chi connectivity index (χ3n) is 3.33. The van der Waals surface area contributed by atoms with Crippen LogP contribution in [0.4, 0.5) is 0 Å². The van der Waals surface area contributed by atoms with Gasteiger partial charge in [0.1, 0.15) is 0 Å². The maximum atomic E-state index is 12.0. The molecule has 1 aliphatic rings. The molecule has 0 aliphatic carbocycles. The van der Waals surface area contributed by atoms with Crippen molar-refractivity contribution in [2.24, 2.45) is 0 Å². The van der Waals surface area contributed by atoms with E-state index in [9.17, 15) is 4.79 Å². The maximum absolute atomic E-state index is 12.0. The first-order valence-corrected chi connectivity index (χ1v) is 6.56. The third kappa shape index (κ3) is 3.30. The summed E-state index contributed by atoms with van der Waals surface area (Å²) in [7, 11) is 0. The van der Waals surface area contributed by atoms with Crippen LogP contribution in [0.15, 0.2) is 18.2 Å². The van der Waals surface area contributed by atoms with E-state index < -0.39 is 0 Å². The van der Waals surface area contributed by atoms with Crippen LogP contribution in [0.5, 0.6) is 0 Å². The Labute approximate surface area is 108 Å². The van der Waals surface area contributed by atoms with Gasteiger partial charge in [-0.25, -0.2) is 0 Å². The number of rotatable bonds is 4. The van der Waals surface area contributed by atoms with Gasteiger partial charge >= 0.3 is 0 Å². The fraction of sp³-hybridized carbons (Fsp3) is 0.500. The molecule has 0 saturated carbocycles. The molecule has 1 aromatic carbocycles. The topological polar surface area (TPSA) is 20.3 Å². The summed E-state index contributed by atoms with van der Waals surface area (Å²) in [6, 6.07) is 5.51. The minimum absolute atomic E-state index is 0.219. The molecule has 1 fully saturated rings. The fourth-order valence-corrected chi connectivity index (χ4v) is 2.35. The molecule has 1 saturated heterocycles. The molecule has 0 radical (unpaired) electrons. The minimum Gasteiger partial charge on any atom is -0.303 e. The van der Waals surface area contributed by atoms with E-state index in [4.69, 9.17) is 11.6 Å². The molecule has 0 spiro atoms. The van der Waals surface area contributed by atoms with Crippen molar-refractivity contribution in [2.75, 3.05) is 19.6 Å². The molecule has 1 aromatic rings. The molecule has 0 bridgehead atoms. The summed E-state index contributed by atoms with van der Waals surface area (Å²) in [6.45, 7) is 5.11. The van der Waals surface area contributed by atoms with Crippen LogP contribution in [0.25, 0.3) is 0 Å². The van der Waals surface area contributed by atoms with Crippen LogP contribution in [-0.4, -0.2) is 30.3 Å². The highest BCUT2D eigenvalue weighted by Gasteiger charge is 2.14. The lowest BCUT2D eigenvalue weighted by atomic mass is 10.1. The molecule has 0 atom stereocenters. The Morgan fingerprint density at radius 1 is 1.35 bits per heavy atom. The van der Waals surface area contributed by atoms with Gasteiger partial charge in [0.05, 0.1) is 0 Å². The number of Topliss-reactive ketones (excluding diaryl/α,β-unsaturated/α-hetero) is 1. The first kappa shape index (κ1) is 12.6. The van der Waals surface area contributed by atoms with E-state index in [0.717, 1.165) is 35.8 Å². The summed E-state index contributed by atoms with van der Waals surface area (Å²) < 4.78 is 0. The number of likely N-dealkylation sites (tertiary alicyclic amines) is 1. The highest BCUT2D eigenvalue weighted by molar-refractivity contribution is 6.31. The van der Waals surface area contributed by atoms with Gasteiger partial charge in [-0.05, 0) is 56.6 Å². The molecule has 92 valence electrons. The molecule has 1 aliphatic heterocycles. The van der Waals surface area contributed by atoms with Crippen LogP contribution in [0.3, 0.4) is 0 Å². The second-order valence-corrected chi connectivity index (χ2v) is 5.09. The van der Waals surface area contributed by atoms with Crippen molar-refractivity contribution in [1.82, 2.24) is 4.90 Å². The fourth-order valence-electron chi connectivity index (χ4n) is 2.23. The largest absolute Gasteiger partial charge is 0.303 e. The summed E-state index contributed by atoms with van der Waals surface area (Å²) in [4.78, 5) is 14.4. The van der Waals surface area contributed by atoms with Gasteiger partial charge in [0.15, 0.2) is 5.78 Å². The molecule has 17 heavy (non-hydrogen) atoms. The van der Waals surface area contributed by atoms with Gasteiger partial charge in [0.2, 0.25) is 0 Å². The van der Waals surface area contributed by atoms with Gasteiger partial charge in [0.25, 0.3) is 0 Å². The summed E-state index contributed by atoms with van der Waals surface area (Å²) in [6.07, 6.45) is 3.16. The van der Waals surface area contributed by atoms with Gasteiger partial charge < -0.3 is 4.90 Å². The van der Waals surface area contributed by atoms with Gasteiger partial charge in [-0.3, -0.25) is 4.79 Å². The summed E-state index contributed by atoms with van der Waals surface area (Å²) in [5, 5.41) is 0.723. The van der Waals surface area contributed by atoms with Crippen LogP contribution in [-0.2, 0) is 0 Å². The van der Waals surface area contributed by atoms with Crippen molar-refractivity contribution < 1.29 is 4.79 Å². The van der Waals surface area contributed by atoms with Crippen LogP contribution < -0.4 is 0 Å². The number of aryl methyl sites for hydroxylation is 1. The zero-order chi connectivity index (χ0) is 12.3. The number of benzene rings is 1. The van der Waals surface area contributed by atoms with E-state index in [1.54, 1.807) is 6.07 Å². The molecule has 0 amide bonds. The highest BCUT2D eigenvalue weighted by Crippen LogP contribution is 2.17.